The molecule has 0 spiro atoms. The van der Waals surface area contributed by atoms with Gasteiger partial charge in [-0.15, -0.1) is 11.3 Å². The number of carbonyl (C=O) groups excluding carboxylic acids is 2. The van der Waals surface area contributed by atoms with Crippen LogP contribution < -0.4 is 5.32 Å². The van der Waals surface area contributed by atoms with Gasteiger partial charge in [0.25, 0.3) is 0 Å². The van der Waals surface area contributed by atoms with Gasteiger partial charge in [0.15, 0.2) is 0 Å². The summed E-state index contributed by atoms with van der Waals surface area (Å²) < 4.78 is 13.3. The maximum absolute atomic E-state index is 13.3. The summed E-state index contributed by atoms with van der Waals surface area (Å²) >= 11 is 1.55. The zero-order valence-electron chi connectivity index (χ0n) is 15.1. The summed E-state index contributed by atoms with van der Waals surface area (Å²) in [5.41, 5.74) is 0.837. The second kappa shape index (κ2) is 7.80. The lowest BCUT2D eigenvalue weighted by atomic mass is 10.0. The summed E-state index contributed by atoms with van der Waals surface area (Å²) in [7, 11) is 0. The van der Waals surface area contributed by atoms with Crippen molar-refractivity contribution in [1.82, 2.24) is 10.2 Å². The number of rotatable bonds is 5. The monoisotopic (exact) mass is 386 g/mol. The van der Waals surface area contributed by atoms with Crippen LogP contribution in [0.4, 0.5) is 4.39 Å². The smallest absolute Gasteiger partial charge is 0.226 e. The van der Waals surface area contributed by atoms with Crippen molar-refractivity contribution >= 4 is 23.2 Å². The Morgan fingerprint density at radius 1 is 1.19 bits per heavy atom. The van der Waals surface area contributed by atoms with Gasteiger partial charge in [-0.25, -0.2) is 4.39 Å². The Bertz CT molecular complexity index is 800. The van der Waals surface area contributed by atoms with Crippen LogP contribution in [0.25, 0.3) is 0 Å². The van der Waals surface area contributed by atoms with Gasteiger partial charge in [0.1, 0.15) is 5.82 Å². The minimum atomic E-state index is -0.325. The Hall–Kier alpha value is -2.21. The standard InChI is InChI=1S/C21H23FN2O2S/c22-16-9-7-14(8-10-16)20(18-6-3-11-27-18)23-21(26)15-12-19(25)24(13-15)17-4-1-2-5-17/h3,6-11,15,17,20H,1-2,4-5,12-13H2,(H,23,26)/t15-,20+/m1/s1. The topological polar surface area (TPSA) is 49.4 Å². The van der Waals surface area contributed by atoms with E-state index in [1.54, 1.807) is 23.5 Å². The third kappa shape index (κ3) is 3.90. The quantitative estimate of drug-likeness (QED) is 0.848. The molecular formula is C21H23FN2O2S. The Morgan fingerprint density at radius 3 is 2.59 bits per heavy atom. The van der Waals surface area contributed by atoms with E-state index in [0.29, 0.717) is 12.6 Å². The Balaban J connectivity index is 1.49. The van der Waals surface area contributed by atoms with E-state index in [1.807, 2.05) is 22.4 Å². The molecule has 6 heteroatoms. The Kier molecular flexibility index (Phi) is 5.25. The van der Waals surface area contributed by atoms with Crippen LogP contribution in [0.3, 0.4) is 0 Å². The number of halogens is 1. The SMILES string of the molecule is O=C(N[C@@H](c1ccc(F)cc1)c1cccs1)[C@@H]1CC(=O)N(C2CCCC2)C1. The minimum absolute atomic E-state index is 0.0940. The first-order valence-electron chi connectivity index (χ1n) is 9.50. The number of hydrogen-bond acceptors (Lipinski definition) is 3. The fourth-order valence-electron chi connectivity index (χ4n) is 4.17. The van der Waals surface area contributed by atoms with E-state index in [-0.39, 0.29) is 36.0 Å². The molecule has 2 aromatic rings. The molecule has 1 aromatic heterocycles. The number of carbonyl (C=O) groups is 2. The highest BCUT2D eigenvalue weighted by molar-refractivity contribution is 7.10. The van der Waals surface area contributed by atoms with Crippen LogP contribution in [0, 0.1) is 11.7 Å². The molecule has 27 heavy (non-hydrogen) atoms. The Labute approximate surface area is 162 Å². The van der Waals surface area contributed by atoms with Crippen LogP contribution in [0.2, 0.25) is 0 Å². The lowest BCUT2D eigenvalue weighted by Gasteiger charge is -2.24. The van der Waals surface area contributed by atoms with Crippen molar-refractivity contribution in [3.63, 3.8) is 0 Å². The normalized spacial score (nSPS) is 21.6. The van der Waals surface area contributed by atoms with Gasteiger partial charge in [0.2, 0.25) is 11.8 Å². The first kappa shape index (κ1) is 18.2. The highest BCUT2D eigenvalue weighted by atomic mass is 32.1. The van der Waals surface area contributed by atoms with Gasteiger partial charge in [-0.05, 0) is 42.0 Å². The van der Waals surface area contributed by atoms with Gasteiger partial charge in [0.05, 0.1) is 12.0 Å². The molecule has 2 aliphatic rings. The van der Waals surface area contributed by atoms with Crippen LogP contribution >= 0.6 is 11.3 Å². The molecule has 142 valence electrons. The third-order valence-electron chi connectivity index (χ3n) is 5.61. The third-order valence-corrected chi connectivity index (χ3v) is 6.55. The van der Waals surface area contributed by atoms with Gasteiger partial charge in [0, 0.05) is 23.9 Å². The lowest BCUT2D eigenvalue weighted by molar-refractivity contribution is -0.130. The van der Waals surface area contributed by atoms with E-state index in [4.69, 9.17) is 0 Å². The van der Waals surface area contributed by atoms with Gasteiger partial charge < -0.3 is 10.2 Å². The van der Waals surface area contributed by atoms with Gasteiger partial charge in [-0.3, -0.25) is 9.59 Å². The molecule has 1 aliphatic heterocycles. The van der Waals surface area contributed by atoms with Crippen molar-refractivity contribution < 1.29 is 14.0 Å². The molecule has 1 N–H and O–H groups in total. The minimum Gasteiger partial charge on any atom is -0.344 e. The largest absolute Gasteiger partial charge is 0.344 e. The molecule has 0 radical (unpaired) electrons. The zero-order valence-corrected chi connectivity index (χ0v) is 15.9. The van der Waals surface area contributed by atoms with E-state index in [1.165, 1.54) is 12.1 Å². The second-order valence-electron chi connectivity index (χ2n) is 7.39. The first-order chi connectivity index (χ1) is 13.1. The molecule has 2 fully saturated rings. The van der Waals surface area contributed by atoms with E-state index in [0.717, 1.165) is 36.1 Å². The molecule has 2 heterocycles. The van der Waals surface area contributed by atoms with Crippen molar-refractivity contribution in [3.05, 3.63) is 58.0 Å². The van der Waals surface area contributed by atoms with Crippen LogP contribution in [0.5, 0.6) is 0 Å². The molecule has 2 amide bonds. The van der Waals surface area contributed by atoms with Gasteiger partial charge >= 0.3 is 0 Å². The van der Waals surface area contributed by atoms with Crippen LogP contribution in [0.15, 0.2) is 41.8 Å². The van der Waals surface area contributed by atoms with Gasteiger partial charge in [-0.1, -0.05) is 31.0 Å². The number of hydrogen-bond donors (Lipinski definition) is 1. The zero-order chi connectivity index (χ0) is 18.8. The number of benzene rings is 1. The predicted octanol–water partition coefficient (Wildman–Crippen LogP) is 3.88. The summed E-state index contributed by atoms with van der Waals surface area (Å²) in [5, 5.41) is 5.06. The maximum Gasteiger partial charge on any atom is 0.226 e. The highest BCUT2D eigenvalue weighted by Crippen LogP contribution is 2.31. The van der Waals surface area contributed by atoms with Gasteiger partial charge in [-0.2, -0.15) is 0 Å². The average molecular weight is 386 g/mol. The van der Waals surface area contributed by atoms with E-state index in [9.17, 15) is 14.0 Å². The second-order valence-corrected chi connectivity index (χ2v) is 8.37. The molecule has 1 saturated carbocycles. The summed E-state index contributed by atoms with van der Waals surface area (Å²) in [6.45, 7) is 0.510. The van der Waals surface area contributed by atoms with Crippen molar-refractivity contribution in [1.29, 1.82) is 0 Å². The molecule has 1 aromatic carbocycles. The molecule has 1 saturated heterocycles. The summed E-state index contributed by atoms with van der Waals surface area (Å²) in [5.74, 6) is -0.632. The molecular weight excluding hydrogens is 363 g/mol. The predicted molar refractivity (Wildman–Crippen MR) is 103 cm³/mol. The van der Waals surface area contributed by atoms with Crippen molar-refractivity contribution in [2.75, 3.05) is 6.54 Å². The van der Waals surface area contributed by atoms with E-state index >= 15 is 0 Å². The maximum atomic E-state index is 13.3. The van der Waals surface area contributed by atoms with Crippen LogP contribution in [-0.2, 0) is 9.59 Å². The summed E-state index contributed by atoms with van der Waals surface area (Å²) in [4.78, 5) is 28.2. The Morgan fingerprint density at radius 2 is 1.93 bits per heavy atom. The average Bonchev–Trinajstić information content (AvgIpc) is 3.41. The molecule has 0 unspecified atom stereocenters. The van der Waals surface area contributed by atoms with Crippen LogP contribution in [0.1, 0.15) is 48.6 Å². The first-order valence-corrected chi connectivity index (χ1v) is 10.4. The molecule has 0 bridgehead atoms. The number of likely N-dealkylation sites (tertiary alicyclic amines) is 1. The fraction of sp³-hybridized carbons (Fsp3) is 0.429. The molecule has 1 aliphatic carbocycles. The summed E-state index contributed by atoms with van der Waals surface area (Å²) in [6.07, 6.45) is 4.70. The molecule has 4 rings (SSSR count). The number of nitrogens with zero attached hydrogens (tertiary/aromatic N) is 1. The van der Waals surface area contributed by atoms with E-state index in [2.05, 4.69) is 5.32 Å². The highest BCUT2D eigenvalue weighted by Gasteiger charge is 2.39. The molecule has 2 atom stereocenters. The molecule has 4 nitrogen and oxygen atoms in total. The summed E-state index contributed by atoms with van der Waals surface area (Å²) in [6, 6.07) is 10.1. The number of nitrogens with one attached hydrogen (secondary N) is 1. The van der Waals surface area contributed by atoms with Crippen LogP contribution in [-0.4, -0.2) is 29.3 Å². The van der Waals surface area contributed by atoms with E-state index < -0.39 is 0 Å². The number of thiophene rings is 1. The lowest BCUT2D eigenvalue weighted by Crippen LogP contribution is -2.38. The van der Waals surface area contributed by atoms with Crippen molar-refractivity contribution in [2.24, 2.45) is 5.92 Å². The van der Waals surface area contributed by atoms with Crippen molar-refractivity contribution in [3.8, 4) is 0 Å². The van der Waals surface area contributed by atoms with Crippen molar-refractivity contribution in [2.45, 2.75) is 44.2 Å². The number of amides is 2. The fourth-order valence-corrected chi connectivity index (χ4v) is 4.97.